The van der Waals surface area contributed by atoms with Crippen molar-refractivity contribution >= 4 is 25.8 Å². The van der Waals surface area contributed by atoms with Gasteiger partial charge >= 0.3 is 0 Å². The molecule has 1 N–H and O–H groups in total. The molecule has 0 saturated heterocycles. The Balaban J connectivity index is 2.22. The van der Waals surface area contributed by atoms with Gasteiger partial charge in [-0.1, -0.05) is 22.4 Å². The lowest BCUT2D eigenvalue weighted by atomic mass is 9.95. The highest BCUT2D eigenvalue weighted by Gasteiger charge is 2.32. The van der Waals surface area contributed by atoms with E-state index in [2.05, 4.69) is 21.2 Å². The van der Waals surface area contributed by atoms with Crippen LogP contribution in [0.15, 0.2) is 33.6 Å². The Kier molecular flexibility index (Phi) is 4.45. The van der Waals surface area contributed by atoms with Gasteiger partial charge in [0.05, 0.1) is 10.1 Å². The van der Waals surface area contributed by atoms with Gasteiger partial charge in [0.2, 0.25) is 0 Å². The van der Waals surface area contributed by atoms with E-state index in [4.69, 9.17) is 0 Å². The van der Waals surface area contributed by atoms with Crippen molar-refractivity contribution in [3.63, 3.8) is 0 Å². The second-order valence-electron chi connectivity index (χ2n) is 4.77. The summed E-state index contributed by atoms with van der Waals surface area (Å²) in [6.07, 6.45) is 3.54. The number of hydrogen-bond donors (Lipinski definition) is 1. The molecule has 1 aliphatic rings. The van der Waals surface area contributed by atoms with Crippen molar-refractivity contribution in [2.75, 3.05) is 7.05 Å². The van der Waals surface area contributed by atoms with E-state index < -0.39 is 9.84 Å². The van der Waals surface area contributed by atoms with Crippen molar-refractivity contribution in [2.45, 2.75) is 41.9 Å². The van der Waals surface area contributed by atoms with Gasteiger partial charge in [-0.05, 0) is 50.6 Å². The van der Waals surface area contributed by atoms with Crippen LogP contribution < -0.4 is 5.32 Å². The SMILES string of the molecule is CNC1CCCC(S(=O)(=O)c2ccc(Br)cc2)C1. The molecule has 2 rings (SSSR count). The zero-order valence-electron chi connectivity index (χ0n) is 10.4. The first-order chi connectivity index (χ1) is 8.54. The number of benzene rings is 1. The molecule has 0 bridgehead atoms. The summed E-state index contributed by atoms with van der Waals surface area (Å²) in [6, 6.07) is 7.26. The maximum atomic E-state index is 12.5. The minimum atomic E-state index is -3.18. The first kappa shape index (κ1) is 14.0. The Morgan fingerprint density at radius 3 is 2.50 bits per heavy atom. The fourth-order valence-electron chi connectivity index (χ4n) is 2.51. The van der Waals surface area contributed by atoms with Crippen molar-refractivity contribution < 1.29 is 8.42 Å². The van der Waals surface area contributed by atoms with E-state index in [1.165, 1.54) is 0 Å². The van der Waals surface area contributed by atoms with Gasteiger partial charge in [0, 0.05) is 10.5 Å². The molecule has 1 fully saturated rings. The molecule has 0 heterocycles. The smallest absolute Gasteiger partial charge is 0.181 e. The molecule has 1 aromatic rings. The molecule has 0 radical (unpaired) electrons. The van der Waals surface area contributed by atoms with Crippen LogP contribution >= 0.6 is 15.9 Å². The molecule has 0 aliphatic heterocycles. The Hall–Kier alpha value is -0.390. The topological polar surface area (TPSA) is 46.2 Å². The lowest BCUT2D eigenvalue weighted by Crippen LogP contribution is -2.37. The number of hydrogen-bond acceptors (Lipinski definition) is 3. The highest BCUT2D eigenvalue weighted by Crippen LogP contribution is 2.29. The summed E-state index contributed by atoms with van der Waals surface area (Å²) in [7, 11) is -1.28. The summed E-state index contributed by atoms with van der Waals surface area (Å²) in [5.74, 6) is 0. The first-order valence-corrected chi connectivity index (χ1v) is 8.54. The van der Waals surface area contributed by atoms with E-state index >= 15 is 0 Å². The maximum Gasteiger partial charge on any atom is 0.181 e. The molecule has 2 unspecified atom stereocenters. The molecular formula is C13H18BrNO2S. The Bertz CT molecular complexity index is 498. The molecule has 3 nitrogen and oxygen atoms in total. The second-order valence-corrected chi connectivity index (χ2v) is 7.92. The van der Waals surface area contributed by atoms with Gasteiger partial charge in [0.15, 0.2) is 9.84 Å². The third-order valence-electron chi connectivity index (χ3n) is 3.62. The van der Waals surface area contributed by atoms with Crippen molar-refractivity contribution in [3.05, 3.63) is 28.7 Å². The summed E-state index contributed by atoms with van der Waals surface area (Å²) in [5, 5.41) is 2.95. The summed E-state index contributed by atoms with van der Waals surface area (Å²) in [6.45, 7) is 0. The van der Waals surface area contributed by atoms with Crippen LogP contribution in [0.5, 0.6) is 0 Å². The van der Waals surface area contributed by atoms with Gasteiger partial charge in [-0.2, -0.15) is 0 Å². The van der Waals surface area contributed by atoms with E-state index in [-0.39, 0.29) is 5.25 Å². The zero-order chi connectivity index (χ0) is 13.2. The molecule has 1 aliphatic carbocycles. The molecule has 18 heavy (non-hydrogen) atoms. The lowest BCUT2D eigenvalue weighted by Gasteiger charge is -2.28. The summed E-state index contributed by atoms with van der Waals surface area (Å²) in [4.78, 5) is 0.437. The number of nitrogens with one attached hydrogen (secondary N) is 1. The molecule has 0 spiro atoms. The largest absolute Gasteiger partial charge is 0.317 e. The van der Waals surface area contributed by atoms with Crippen LogP contribution in [0.4, 0.5) is 0 Å². The average molecular weight is 332 g/mol. The molecule has 0 amide bonds. The molecule has 0 aromatic heterocycles. The van der Waals surface area contributed by atoms with Gasteiger partial charge in [-0.15, -0.1) is 0 Å². The minimum Gasteiger partial charge on any atom is -0.317 e. The van der Waals surface area contributed by atoms with Crippen LogP contribution in [0.25, 0.3) is 0 Å². The Labute approximate surface area is 117 Å². The van der Waals surface area contributed by atoms with Gasteiger partial charge in [-0.3, -0.25) is 0 Å². The summed E-state index contributed by atoms with van der Waals surface area (Å²) >= 11 is 3.32. The lowest BCUT2D eigenvalue weighted by molar-refractivity contribution is 0.390. The van der Waals surface area contributed by atoms with Crippen LogP contribution in [-0.2, 0) is 9.84 Å². The van der Waals surface area contributed by atoms with E-state index in [0.717, 1.165) is 30.2 Å². The summed E-state index contributed by atoms with van der Waals surface area (Å²) < 4.78 is 25.9. The molecule has 5 heteroatoms. The highest BCUT2D eigenvalue weighted by molar-refractivity contribution is 9.10. The molecular weight excluding hydrogens is 314 g/mol. The quantitative estimate of drug-likeness (QED) is 0.926. The maximum absolute atomic E-state index is 12.5. The van der Waals surface area contributed by atoms with Crippen molar-refractivity contribution in [3.8, 4) is 0 Å². The monoisotopic (exact) mass is 331 g/mol. The van der Waals surface area contributed by atoms with Crippen molar-refractivity contribution in [2.24, 2.45) is 0 Å². The van der Waals surface area contributed by atoms with Crippen molar-refractivity contribution in [1.82, 2.24) is 5.32 Å². The fourth-order valence-corrected chi connectivity index (χ4v) is 4.63. The predicted molar refractivity (Wildman–Crippen MR) is 76.4 cm³/mol. The second kappa shape index (κ2) is 5.72. The van der Waals surface area contributed by atoms with Crippen LogP contribution in [0, 0.1) is 0 Å². The van der Waals surface area contributed by atoms with Gasteiger partial charge < -0.3 is 5.32 Å². The van der Waals surface area contributed by atoms with Crippen molar-refractivity contribution in [1.29, 1.82) is 0 Å². The van der Waals surface area contributed by atoms with E-state index in [9.17, 15) is 8.42 Å². The zero-order valence-corrected chi connectivity index (χ0v) is 12.8. The average Bonchev–Trinajstić information content (AvgIpc) is 2.39. The molecule has 1 aromatic carbocycles. The van der Waals surface area contributed by atoms with E-state index in [1.807, 2.05) is 7.05 Å². The standard InChI is InChI=1S/C13H18BrNO2S/c1-15-11-3-2-4-13(9-11)18(16,17)12-7-5-10(14)6-8-12/h5-8,11,13,15H,2-4,9H2,1H3. The number of halogens is 1. The first-order valence-electron chi connectivity index (χ1n) is 6.21. The molecule has 2 atom stereocenters. The van der Waals surface area contributed by atoms with E-state index in [1.54, 1.807) is 24.3 Å². The predicted octanol–water partition coefficient (Wildman–Crippen LogP) is 2.75. The van der Waals surface area contributed by atoms with Crippen LogP contribution in [0.1, 0.15) is 25.7 Å². The Morgan fingerprint density at radius 1 is 1.22 bits per heavy atom. The fraction of sp³-hybridized carbons (Fsp3) is 0.538. The summed E-state index contributed by atoms with van der Waals surface area (Å²) in [5.41, 5.74) is 0. The molecule has 100 valence electrons. The normalized spacial score (nSPS) is 25.0. The molecule has 1 saturated carbocycles. The van der Waals surface area contributed by atoms with Gasteiger partial charge in [0.1, 0.15) is 0 Å². The number of sulfone groups is 1. The Morgan fingerprint density at radius 2 is 1.89 bits per heavy atom. The van der Waals surface area contributed by atoms with Crippen LogP contribution in [-0.4, -0.2) is 26.8 Å². The highest BCUT2D eigenvalue weighted by atomic mass is 79.9. The minimum absolute atomic E-state index is 0.245. The van der Waals surface area contributed by atoms with Crippen LogP contribution in [0.2, 0.25) is 0 Å². The third kappa shape index (κ3) is 2.95. The van der Waals surface area contributed by atoms with Crippen LogP contribution in [0.3, 0.4) is 0 Å². The number of rotatable bonds is 3. The van der Waals surface area contributed by atoms with E-state index in [0.29, 0.717) is 10.9 Å². The van der Waals surface area contributed by atoms with Gasteiger partial charge in [-0.25, -0.2) is 8.42 Å². The third-order valence-corrected chi connectivity index (χ3v) is 6.38. The van der Waals surface area contributed by atoms with Gasteiger partial charge in [0.25, 0.3) is 0 Å².